The number of rotatable bonds is 7. The molecule has 162 valence electrons. The number of benzene rings is 1. The highest BCUT2D eigenvalue weighted by Gasteiger charge is 2.26. The molecule has 32 heavy (non-hydrogen) atoms. The third-order valence-electron chi connectivity index (χ3n) is 5.68. The van der Waals surface area contributed by atoms with Crippen LogP contribution in [0.2, 0.25) is 0 Å². The number of fused-ring (bicyclic) bond motifs is 4. The molecule has 4 heterocycles. The largest absolute Gasteiger partial charge is 0.463 e. The van der Waals surface area contributed by atoms with Crippen molar-refractivity contribution in [1.82, 2.24) is 19.2 Å². The predicted molar refractivity (Wildman–Crippen MR) is 124 cm³/mol. The second kappa shape index (κ2) is 8.37. The number of nitrogens with zero attached hydrogens (tertiary/aromatic N) is 5. The molecule has 0 aliphatic carbocycles. The molecule has 0 aliphatic heterocycles. The molecule has 0 amide bonds. The molecule has 0 radical (unpaired) electrons. The lowest BCUT2D eigenvalue weighted by molar-refractivity contribution is -0.368. The van der Waals surface area contributed by atoms with Crippen molar-refractivity contribution in [3.05, 3.63) is 64.6 Å². The van der Waals surface area contributed by atoms with Gasteiger partial charge in [0.05, 0.1) is 23.8 Å². The van der Waals surface area contributed by atoms with Crippen molar-refractivity contribution in [3.63, 3.8) is 0 Å². The highest BCUT2D eigenvalue weighted by molar-refractivity contribution is 6.03. The van der Waals surface area contributed by atoms with Crippen molar-refractivity contribution in [2.75, 3.05) is 0 Å². The van der Waals surface area contributed by atoms with Crippen LogP contribution in [0.25, 0.3) is 33.2 Å². The number of hydrogen-bond acceptors (Lipinski definition) is 5. The molecule has 1 N–H and O–H groups in total. The maximum absolute atomic E-state index is 13.6. The first-order valence-corrected chi connectivity index (χ1v) is 11.0. The highest BCUT2D eigenvalue weighted by Crippen LogP contribution is 2.24. The van der Waals surface area contributed by atoms with E-state index in [1.807, 2.05) is 37.3 Å². The number of nitrogens with one attached hydrogen (secondary N) is 1. The Balaban J connectivity index is 1.76. The third-order valence-corrected chi connectivity index (χ3v) is 5.68. The van der Waals surface area contributed by atoms with E-state index < -0.39 is 0 Å². The normalized spacial score (nSPS) is 12.1. The number of aryl methyl sites for hydroxylation is 1. The van der Waals surface area contributed by atoms with E-state index in [2.05, 4.69) is 17.0 Å². The zero-order valence-electron chi connectivity index (χ0n) is 18.2. The van der Waals surface area contributed by atoms with Gasteiger partial charge in [-0.25, -0.2) is 24.3 Å². The van der Waals surface area contributed by atoms with Gasteiger partial charge in [0.15, 0.2) is 5.39 Å². The fraction of sp³-hybridized carbons (Fsp3) is 0.292. The van der Waals surface area contributed by atoms with Gasteiger partial charge in [0.1, 0.15) is 17.5 Å². The average molecular weight is 430 g/mol. The number of unbranched alkanes of at least 4 members (excludes halogenated alkanes) is 3. The summed E-state index contributed by atoms with van der Waals surface area (Å²) in [6.45, 7) is 4.76. The topological polar surface area (TPSA) is 92.3 Å². The van der Waals surface area contributed by atoms with Gasteiger partial charge in [0.25, 0.3) is 5.65 Å². The maximum Gasteiger partial charge on any atom is 0.323 e. The molecule has 0 spiro atoms. The van der Waals surface area contributed by atoms with E-state index in [4.69, 9.17) is 14.4 Å². The molecule has 0 aliphatic rings. The first-order valence-electron chi connectivity index (χ1n) is 11.0. The number of para-hydroxylation sites is 2. The van der Waals surface area contributed by atoms with Crippen molar-refractivity contribution in [2.45, 2.75) is 46.1 Å². The van der Waals surface area contributed by atoms with E-state index >= 15 is 0 Å². The zero-order valence-corrected chi connectivity index (χ0v) is 18.2. The molecule has 0 atom stereocenters. The van der Waals surface area contributed by atoms with Crippen molar-refractivity contribution >= 4 is 39.4 Å². The Kier molecular flexibility index (Phi) is 5.26. The van der Waals surface area contributed by atoms with Gasteiger partial charge in [-0.2, -0.15) is 0 Å². The van der Waals surface area contributed by atoms with Gasteiger partial charge < -0.3 is 4.42 Å². The number of aromatic nitrogens is 5. The van der Waals surface area contributed by atoms with Gasteiger partial charge in [-0.15, -0.1) is 9.78 Å². The molecule has 1 aromatic carbocycles. The van der Waals surface area contributed by atoms with Crippen LogP contribution < -0.4 is 10.5 Å². The first-order chi connectivity index (χ1) is 15.7. The standard InChI is InChI=1S/C24H24N6O2/c1-3-4-5-8-13-29-16(2)26-22-20(24(29)31)21-23(28-19-12-7-6-11-18(19)27-21)30(22)25-15-17-10-9-14-32-17/h6-7,9-12,14-15H,3-5,8,13H2,1-2H3/p+1/b25-15+. The van der Waals surface area contributed by atoms with Crippen LogP contribution in [-0.2, 0) is 6.54 Å². The predicted octanol–water partition coefficient (Wildman–Crippen LogP) is 4.08. The molecule has 4 aromatic heterocycles. The Labute approximate surface area is 184 Å². The summed E-state index contributed by atoms with van der Waals surface area (Å²) in [7, 11) is 0. The molecule has 0 bridgehead atoms. The minimum atomic E-state index is -0.0747. The lowest BCUT2D eigenvalue weighted by atomic mass is 10.2. The number of aromatic amines is 1. The molecule has 5 aromatic rings. The van der Waals surface area contributed by atoms with Crippen LogP contribution in [0.1, 0.15) is 44.2 Å². The summed E-state index contributed by atoms with van der Waals surface area (Å²) in [6, 6.07) is 11.3. The number of hydrogen-bond donors (Lipinski definition) is 0. The zero-order chi connectivity index (χ0) is 22.1. The Morgan fingerprint density at radius 3 is 2.66 bits per heavy atom. The Morgan fingerprint density at radius 1 is 1.09 bits per heavy atom. The van der Waals surface area contributed by atoms with Gasteiger partial charge >= 0.3 is 5.56 Å². The van der Waals surface area contributed by atoms with Crippen LogP contribution in [-0.4, -0.2) is 25.4 Å². The number of H-pyrrole nitrogens is 1. The van der Waals surface area contributed by atoms with E-state index in [0.717, 1.165) is 42.5 Å². The minimum absolute atomic E-state index is 0.0747. The summed E-state index contributed by atoms with van der Waals surface area (Å²) < 4.78 is 8.82. The SMILES string of the molecule is CCCCCCn1c(C)[nH+]c2c(c1=O)c1nc3ccccc3nc1n2/N=C/c1ccco1. The van der Waals surface area contributed by atoms with Crippen LogP contribution in [0.15, 0.2) is 57.0 Å². The van der Waals surface area contributed by atoms with E-state index in [0.29, 0.717) is 34.5 Å². The quantitative estimate of drug-likeness (QED) is 0.288. The minimum Gasteiger partial charge on any atom is -0.463 e. The number of furan rings is 1. The summed E-state index contributed by atoms with van der Waals surface area (Å²) in [5.41, 5.74) is 3.05. The molecule has 0 saturated carbocycles. The van der Waals surface area contributed by atoms with Gasteiger partial charge in [-0.05, 0) is 30.7 Å². The lowest BCUT2D eigenvalue weighted by Crippen LogP contribution is -2.31. The Bertz CT molecular complexity index is 1490. The highest BCUT2D eigenvalue weighted by atomic mass is 16.3. The molecular weight excluding hydrogens is 404 g/mol. The molecule has 0 fully saturated rings. The van der Waals surface area contributed by atoms with Crippen LogP contribution in [0.4, 0.5) is 0 Å². The molecule has 5 rings (SSSR count). The van der Waals surface area contributed by atoms with Crippen LogP contribution in [0.3, 0.4) is 0 Å². The van der Waals surface area contributed by atoms with Crippen molar-refractivity contribution in [2.24, 2.45) is 5.10 Å². The fourth-order valence-electron chi connectivity index (χ4n) is 4.03. The molecular formula is C24H25N6O2+. The Morgan fingerprint density at radius 2 is 1.91 bits per heavy atom. The first kappa shape index (κ1) is 20.1. The summed E-state index contributed by atoms with van der Waals surface area (Å²) in [5.74, 6) is 1.38. The van der Waals surface area contributed by atoms with Gasteiger partial charge in [0, 0.05) is 6.92 Å². The van der Waals surface area contributed by atoms with Gasteiger partial charge in [-0.1, -0.05) is 38.3 Å². The van der Waals surface area contributed by atoms with Crippen molar-refractivity contribution in [3.8, 4) is 0 Å². The maximum atomic E-state index is 13.6. The summed E-state index contributed by atoms with van der Waals surface area (Å²) >= 11 is 0. The van der Waals surface area contributed by atoms with Crippen LogP contribution in [0.5, 0.6) is 0 Å². The second-order valence-corrected chi connectivity index (χ2v) is 7.91. The van der Waals surface area contributed by atoms with Gasteiger partial charge in [0.2, 0.25) is 11.5 Å². The van der Waals surface area contributed by atoms with Crippen molar-refractivity contribution < 1.29 is 9.40 Å². The van der Waals surface area contributed by atoms with Crippen LogP contribution >= 0.6 is 0 Å². The van der Waals surface area contributed by atoms with E-state index in [1.165, 1.54) is 0 Å². The average Bonchev–Trinajstić information content (AvgIpc) is 3.41. The smallest absolute Gasteiger partial charge is 0.323 e. The summed E-state index contributed by atoms with van der Waals surface area (Å²) in [5, 5.41) is 5.08. The summed E-state index contributed by atoms with van der Waals surface area (Å²) in [4.78, 5) is 26.6. The second-order valence-electron chi connectivity index (χ2n) is 7.91. The molecule has 8 nitrogen and oxygen atoms in total. The van der Waals surface area contributed by atoms with E-state index in [1.54, 1.807) is 27.8 Å². The third kappa shape index (κ3) is 3.47. The van der Waals surface area contributed by atoms with Crippen molar-refractivity contribution in [1.29, 1.82) is 0 Å². The van der Waals surface area contributed by atoms with E-state index in [9.17, 15) is 4.79 Å². The van der Waals surface area contributed by atoms with Gasteiger partial charge in [-0.3, -0.25) is 0 Å². The summed E-state index contributed by atoms with van der Waals surface area (Å²) in [6.07, 6.45) is 7.57. The fourth-order valence-corrected chi connectivity index (χ4v) is 4.03. The molecule has 0 unspecified atom stereocenters. The lowest BCUT2D eigenvalue weighted by Gasteiger charge is -2.04. The van der Waals surface area contributed by atoms with Crippen LogP contribution in [0, 0.1) is 6.92 Å². The van der Waals surface area contributed by atoms with E-state index in [-0.39, 0.29) is 5.56 Å². The monoisotopic (exact) mass is 429 g/mol. The Hall–Kier alpha value is -3.81. The molecule has 8 heteroatoms. The molecule has 0 saturated heterocycles.